The maximum atomic E-state index is 11.2. The van der Waals surface area contributed by atoms with Crippen LogP contribution in [0.15, 0.2) is 24.3 Å². The summed E-state index contributed by atoms with van der Waals surface area (Å²) in [6, 6.07) is 6.70. The second-order valence-corrected chi connectivity index (χ2v) is 3.54. The fourth-order valence-electron chi connectivity index (χ4n) is 1.49. The Morgan fingerprint density at radius 3 is 1.76 bits per heavy atom. The Morgan fingerprint density at radius 1 is 1.06 bits per heavy atom. The number of benzene rings is 1. The predicted molar refractivity (Wildman–Crippen MR) is 66.5 cm³/mol. The molecule has 2 amide bonds. The molecule has 0 saturated carbocycles. The fraction of sp³-hybridized carbons (Fsp3) is 0.308. The Balaban J connectivity index is 0.000000249. The standard InChI is InChI=1S/C9H6NO2.C4H11N/c1-10-8(11)6-4-2-3-5-7(6)9(10)12;1-3-5-4-2/h2-5H,1H2;5H,3-4H2,1-2H3. The quantitative estimate of drug-likeness (QED) is 0.791. The fourth-order valence-corrected chi connectivity index (χ4v) is 1.49. The van der Waals surface area contributed by atoms with E-state index in [1.54, 1.807) is 24.3 Å². The minimum absolute atomic E-state index is 0.324. The van der Waals surface area contributed by atoms with Gasteiger partial charge in [-0.05, 0) is 25.2 Å². The van der Waals surface area contributed by atoms with Gasteiger partial charge in [-0.25, -0.2) is 0 Å². The van der Waals surface area contributed by atoms with Crippen LogP contribution in [0, 0.1) is 7.05 Å². The van der Waals surface area contributed by atoms with Crippen molar-refractivity contribution in [2.45, 2.75) is 13.8 Å². The molecule has 91 valence electrons. The van der Waals surface area contributed by atoms with Crippen molar-refractivity contribution in [3.05, 3.63) is 42.4 Å². The number of imide groups is 1. The molecule has 2 rings (SSSR count). The molecule has 1 aliphatic heterocycles. The van der Waals surface area contributed by atoms with E-state index in [9.17, 15) is 9.59 Å². The van der Waals surface area contributed by atoms with Crippen LogP contribution < -0.4 is 5.32 Å². The Labute approximate surface area is 102 Å². The topological polar surface area (TPSA) is 49.4 Å². The molecule has 0 saturated heterocycles. The molecule has 4 nitrogen and oxygen atoms in total. The van der Waals surface area contributed by atoms with Crippen molar-refractivity contribution in [3.8, 4) is 0 Å². The number of carbonyl (C=O) groups excluding carboxylic acids is 2. The van der Waals surface area contributed by atoms with Gasteiger partial charge < -0.3 is 5.32 Å². The predicted octanol–water partition coefficient (Wildman–Crippen LogP) is 1.69. The van der Waals surface area contributed by atoms with E-state index in [0.29, 0.717) is 11.1 Å². The van der Waals surface area contributed by atoms with Crippen LogP contribution in [0.3, 0.4) is 0 Å². The number of nitrogens with one attached hydrogen (secondary N) is 1. The average Bonchev–Trinajstić information content (AvgIpc) is 2.57. The first-order chi connectivity index (χ1) is 8.13. The summed E-state index contributed by atoms with van der Waals surface area (Å²) >= 11 is 0. The van der Waals surface area contributed by atoms with Crippen LogP contribution in [-0.4, -0.2) is 29.8 Å². The van der Waals surface area contributed by atoms with Crippen LogP contribution in [0.1, 0.15) is 34.6 Å². The second-order valence-electron chi connectivity index (χ2n) is 3.54. The van der Waals surface area contributed by atoms with Gasteiger partial charge in [-0.3, -0.25) is 14.5 Å². The van der Waals surface area contributed by atoms with E-state index < -0.39 is 0 Å². The minimum atomic E-state index is -0.324. The summed E-state index contributed by atoms with van der Waals surface area (Å²) in [7, 11) is 3.35. The van der Waals surface area contributed by atoms with Crippen LogP contribution in [0.4, 0.5) is 0 Å². The lowest BCUT2D eigenvalue weighted by Crippen LogP contribution is -2.21. The Kier molecular flexibility index (Phi) is 4.84. The largest absolute Gasteiger partial charge is 0.317 e. The number of carbonyl (C=O) groups is 2. The first-order valence-electron chi connectivity index (χ1n) is 5.62. The lowest BCUT2D eigenvalue weighted by atomic mass is 10.1. The molecular formula is C13H17N2O2. The van der Waals surface area contributed by atoms with E-state index in [1.807, 2.05) is 0 Å². The molecule has 0 bridgehead atoms. The van der Waals surface area contributed by atoms with E-state index in [4.69, 9.17) is 0 Å². The van der Waals surface area contributed by atoms with Gasteiger partial charge in [0.25, 0.3) is 11.8 Å². The van der Waals surface area contributed by atoms with Crippen molar-refractivity contribution in [2.24, 2.45) is 0 Å². The van der Waals surface area contributed by atoms with Crippen molar-refractivity contribution in [2.75, 3.05) is 13.1 Å². The van der Waals surface area contributed by atoms with Crippen molar-refractivity contribution < 1.29 is 9.59 Å². The summed E-state index contributed by atoms with van der Waals surface area (Å²) in [4.78, 5) is 23.4. The smallest absolute Gasteiger partial charge is 0.261 e. The lowest BCUT2D eigenvalue weighted by molar-refractivity contribution is 0.0717. The molecule has 1 N–H and O–H groups in total. The third-order valence-corrected chi connectivity index (χ3v) is 2.38. The first kappa shape index (κ1) is 13.4. The minimum Gasteiger partial charge on any atom is -0.317 e. The van der Waals surface area contributed by atoms with Crippen LogP contribution >= 0.6 is 0 Å². The highest BCUT2D eigenvalue weighted by Gasteiger charge is 2.31. The van der Waals surface area contributed by atoms with Gasteiger partial charge in [-0.1, -0.05) is 26.0 Å². The van der Waals surface area contributed by atoms with Crippen molar-refractivity contribution >= 4 is 11.8 Å². The molecule has 0 spiro atoms. The summed E-state index contributed by atoms with van der Waals surface area (Å²) in [5.41, 5.74) is 0.884. The lowest BCUT2D eigenvalue weighted by Gasteiger charge is -2.01. The molecule has 0 fully saturated rings. The average molecular weight is 233 g/mol. The molecule has 0 aromatic heterocycles. The third-order valence-electron chi connectivity index (χ3n) is 2.38. The molecule has 1 heterocycles. The van der Waals surface area contributed by atoms with Crippen molar-refractivity contribution in [3.63, 3.8) is 0 Å². The van der Waals surface area contributed by atoms with Gasteiger partial charge in [-0.15, -0.1) is 0 Å². The molecule has 0 unspecified atom stereocenters. The highest BCUT2D eigenvalue weighted by atomic mass is 16.2. The Morgan fingerprint density at radius 2 is 1.47 bits per heavy atom. The van der Waals surface area contributed by atoms with Crippen molar-refractivity contribution in [1.29, 1.82) is 0 Å². The molecule has 1 aliphatic rings. The molecule has 4 heteroatoms. The zero-order chi connectivity index (χ0) is 12.8. The summed E-state index contributed by atoms with van der Waals surface area (Å²) in [6.07, 6.45) is 0. The van der Waals surface area contributed by atoms with Crippen LogP contribution in [0.25, 0.3) is 0 Å². The van der Waals surface area contributed by atoms with Gasteiger partial charge in [0.05, 0.1) is 11.1 Å². The van der Waals surface area contributed by atoms with Gasteiger partial charge in [0.2, 0.25) is 0 Å². The second kappa shape index (κ2) is 6.15. The maximum absolute atomic E-state index is 11.2. The molecular weight excluding hydrogens is 216 g/mol. The highest BCUT2D eigenvalue weighted by molar-refractivity contribution is 6.21. The normalized spacial score (nSPS) is 13.2. The van der Waals surface area contributed by atoms with Crippen LogP contribution in [0.2, 0.25) is 0 Å². The number of hydrogen-bond donors (Lipinski definition) is 1. The number of amides is 2. The van der Waals surface area contributed by atoms with Crippen LogP contribution in [0.5, 0.6) is 0 Å². The summed E-state index contributed by atoms with van der Waals surface area (Å²) in [5.74, 6) is -0.647. The van der Waals surface area contributed by atoms with Gasteiger partial charge in [0.1, 0.15) is 0 Å². The third kappa shape index (κ3) is 2.91. The van der Waals surface area contributed by atoms with E-state index in [0.717, 1.165) is 18.0 Å². The van der Waals surface area contributed by atoms with Gasteiger partial charge in [0.15, 0.2) is 0 Å². The SMILES string of the molecule is CCNCC.[CH2]N1C(=O)c2ccccc2C1=O. The summed E-state index contributed by atoms with van der Waals surface area (Å²) < 4.78 is 0. The maximum Gasteiger partial charge on any atom is 0.261 e. The zero-order valence-electron chi connectivity index (χ0n) is 10.2. The van der Waals surface area contributed by atoms with E-state index in [1.165, 1.54) is 0 Å². The van der Waals surface area contributed by atoms with Gasteiger partial charge in [0, 0.05) is 7.05 Å². The number of hydrogen-bond acceptors (Lipinski definition) is 3. The molecule has 1 aromatic carbocycles. The van der Waals surface area contributed by atoms with Crippen LogP contribution in [-0.2, 0) is 0 Å². The molecule has 17 heavy (non-hydrogen) atoms. The Bertz CT molecular complexity index is 379. The first-order valence-corrected chi connectivity index (χ1v) is 5.62. The molecule has 1 radical (unpaired) electrons. The van der Waals surface area contributed by atoms with Crippen molar-refractivity contribution in [1.82, 2.24) is 10.2 Å². The van der Waals surface area contributed by atoms with Gasteiger partial charge in [-0.2, -0.15) is 0 Å². The molecule has 0 atom stereocenters. The van der Waals surface area contributed by atoms with E-state index in [-0.39, 0.29) is 11.8 Å². The number of nitrogens with zero attached hydrogens (tertiary/aromatic N) is 1. The number of fused-ring (bicyclic) bond motifs is 1. The zero-order valence-corrected chi connectivity index (χ0v) is 10.2. The summed E-state index contributed by atoms with van der Waals surface area (Å²) in [5, 5.41) is 3.11. The van der Waals surface area contributed by atoms with Gasteiger partial charge >= 0.3 is 0 Å². The Hall–Kier alpha value is -1.68. The summed E-state index contributed by atoms with van der Waals surface area (Å²) in [6.45, 7) is 6.39. The highest BCUT2D eigenvalue weighted by Crippen LogP contribution is 2.20. The molecule has 0 aliphatic carbocycles. The monoisotopic (exact) mass is 233 g/mol. The van der Waals surface area contributed by atoms with E-state index >= 15 is 0 Å². The van der Waals surface area contributed by atoms with E-state index in [2.05, 4.69) is 26.2 Å². The molecule has 1 aromatic rings. The number of rotatable bonds is 2.